The third-order valence-electron chi connectivity index (χ3n) is 3.20. The van der Waals surface area contributed by atoms with Crippen molar-refractivity contribution in [3.8, 4) is 16.9 Å². The van der Waals surface area contributed by atoms with Gasteiger partial charge >= 0.3 is 0 Å². The molecular weight excluding hydrogens is 341 g/mol. The Balaban J connectivity index is 2.12. The molecule has 0 radical (unpaired) electrons. The highest BCUT2D eigenvalue weighted by Gasteiger charge is 2.15. The van der Waals surface area contributed by atoms with Crippen molar-refractivity contribution in [1.29, 1.82) is 0 Å². The highest BCUT2D eigenvalue weighted by atomic mass is 35.5. The first-order chi connectivity index (χ1) is 10.9. The number of nitrogens with zero attached hydrogens (tertiary/aromatic N) is 3. The van der Waals surface area contributed by atoms with Crippen molar-refractivity contribution < 1.29 is 12.8 Å². The van der Waals surface area contributed by atoms with Crippen LogP contribution >= 0.6 is 11.6 Å². The van der Waals surface area contributed by atoms with Crippen LogP contribution in [0.5, 0.6) is 0 Å². The van der Waals surface area contributed by atoms with Gasteiger partial charge < -0.3 is 0 Å². The topological polar surface area (TPSA) is 64.8 Å². The maximum atomic E-state index is 13.5. The normalized spacial score (nSPS) is 11.6. The number of hydrogen-bond acceptors (Lipinski definition) is 4. The first-order valence-electron chi connectivity index (χ1n) is 6.51. The number of hydrogen-bond donors (Lipinski definition) is 0. The van der Waals surface area contributed by atoms with Gasteiger partial charge in [0, 0.05) is 11.8 Å². The van der Waals surface area contributed by atoms with E-state index in [4.69, 9.17) is 11.6 Å². The van der Waals surface area contributed by atoms with E-state index in [1.807, 2.05) is 0 Å². The second-order valence-electron chi connectivity index (χ2n) is 4.89. The van der Waals surface area contributed by atoms with E-state index in [-0.39, 0.29) is 10.2 Å². The Kier molecular flexibility index (Phi) is 3.91. The molecule has 0 saturated heterocycles. The summed E-state index contributed by atoms with van der Waals surface area (Å²) in [5.74, 6) is -0.392. The third kappa shape index (κ3) is 3.11. The zero-order valence-electron chi connectivity index (χ0n) is 11.9. The molecule has 0 aliphatic rings. The molecule has 23 heavy (non-hydrogen) atoms. The number of imidazole rings is 1. The second-order valence-corrected chi connectivity index (χ2v) is 7.21. The van der Waals surface area contributed by atoms with Gasteiger partial charge in [0.05, 0.1) is 17.6 Å². The van der Waals surface area contributed by atoms with Crippen molar-refractivity contribution in [1.82, 2.24) is 14.5 Å². The van der Waals surface area contributed by atoms with Crippen molar-refractivity contribution in [3.05, 3.63) is 59.9 Å². The molecule has 0 N–H and O–H groups in total. The molecule has 0 atom stereocenters. The lowest BCUT2D eigenvalue weighted by atomic mass is 10.1. The summed E-state index contributed by atoms with van der Waals surface area (Å²) in [4.78, 5) is 7.96. The standard InChI is InChI=1S/C15H11ClFN3O2S/c1-23(21,22)13-6-5-12(8-18-13)20-9-19-15(16)14(20)10-3-2-4-11(17)7-10/h2-9H,1H3. The van der Waals surface area contributed by atoms with E-state index in [0.29, 0.717) is 16.9 Å². The minimum Gasteiger partial charge on any atom is -0.296 e. The molecule has 8 heteroatoms. The smallest absolute Gasteiger partial charge is 0.192 e. The average Bonchev–Trinajstić information content (AvgIpc) is 2.88. The fraction of sp³-hybridized carbons (Fsp3) is 0.0667. The summed E-state index contributed by atoms with van der Waals surface area (Å²) >= 11 is 6.11. The number of rotatable bonds is 3. The van der Waals surface area contributed by atoms with Gasteiger partial charge in [0.25, 0.3) is 0 Å². The first kappa shape index (κ1) is 15.6. The van der Waals surface area contributed by atoms with E-state index in [2.05, 4.69) is 9.97 Å². The molecule has 0 amide bonds. The van der Waals surface area contributed by atoms with Gasteiger partial charge in [-0.15, -0.1) is 0 Å². The molecule has 0 aliphatic carbocycles. The maximum Gasteiger partial charge on any atom is 0.192 e. The predicted molar refractivity (Wildman–Crippen MR) is 84.9 cm³/mol. The van der Waals surface area contributed by atoms with Crippen LogP contribution in [0.3, 0.4) is 0 Å². The molecule has 0 unspecified atom stereocenters. The van der Waals surface area contributed by atoms with Crippen LogP contribution in [-0.2, 0) is 9.84 Å². The van der Waals surface area contributed by atoms with Crippen molar-refractivity contribution >= 4 is 21.4 Å². The summed E-state index contributed by atoms with van der Waals surface area (Å²) in [5, 5.41) is 0.183. The fourth-order valence-corrected chi connectivity index (χ4v) is 2.95. The highest BCUT2D eigenvalue weighted by Crippen LogP contribution is 2.30. The minimum atomic E-state index is -3.38. The van der Waals surface area contributed by atoms with Gasteiger partial charge in [-0.2, -0.15) is 0 Å². The summed E-state index contributed by atoms with van der Waals surface area (Å²) in [6.07, 6.45) is 3.96. The SMILES string of the molecule is CS(=O)(=O)c1ccc(-n2cnc(Cl)c2-c2cccc(F)c2)cn1. The van der Waals surface area contributed by atoms with Gasteiger partial charge in [-0.1, -0.05) is 23.7 Å². The van der Waals surface area contributed by atoms with Gasteiger partial charge in [-0.3, -0.25) is 4.57 Å². The fourth-order valence-electron chi connectivity index (χ4n) is 2.15. The molecule has 1 aromatic carbocycles. The van der Waals surface area contributed by atoms with Gasteiger partial charge in [0.15, 0.2) is 20.0 Å². The zero-order chi connectivity index (χ0) is 16.6. The van der Waals surface area contributed by atoms with Crippen molar-refractivity contribution in [2.24, 2.45) is 0 Å². The molecule has 3 aromatic rings. The van der Waals surface area contributed by atoms with E-state index in [9.17, 15) is 12.8 Å². The zero-order valence-corrected chi connectivity index (χ0v) is 13.5. The lowest BCUT2D eigenvalue weighted by Gasteiger charge is -2.09. The van der Waals surface area contributed by atoms with Crippen LogP contribution in [0, 0.1) is 5.82 Å². The van der Waals surface area contributed by atoms with E-state index < -0.39 is 15.7 Å². The van der Waals surface area contributed by atoms with E-state index >= 15 is 0 Å². The molecule has 2 heterocycles. The average molecular weight is 352 g/mol. The number of benzene rings is 1. The monoisotopic (exact) mass is 351 g/mol. The number of aromatic nitrogens is 3. The van der Waals surface area contributed by atoms with Crippen LogP contribution in [-0.4, -0.2) is 29.2 Å². The van der Waals surface area contributed by atoms with Crippen molar-refractivity contribution in [2.45, 2.75) is 5.03 Å². The van der Waals surface area contributed by atoms with Crippen molar-refractivity contribution in [2.75, 3.05) is 6.26 Å². The van der Waals surface area contributed by atoms with Gasteiger partial charge in [0.2, 0.25) is 0 Å². The molecule has 0 saturated carbocycles. The summed E-state index contributed by atoms with van der Waals surface area (Å²) in [6.45, 7) is 0. The van der Waals surface area contributed by atoms with Crippen LogP contribution in [0.4, 0.5) is 4.39 Å². The third-order valence-corrected chi connectivity index (χ3v) is 4.48. The lowest BCUT2D eigenvalue weighted by molar-refractivity contribution is 0.598. The van der Waals surface area contributed by atoms with Crippen LogP contribution in [0.2, 0.25) is 5.15 Å². The first-order valence-corrected chi connectivity index (χ1v) is 8.78. The number of sulfone groups is 1. The maximum absolute atomic E-state index is 13.5. The molecule has 2 aromatic heterocycles. The summed E-state index contributed by atoms with van der Waals surface area (Å²) < 4.78 is 38.0. The quantitative estimate of drug-likeness (QED) is 0.727. The molecule has 0 aliphatic heterocycles. The molecule has 0 spiro atoms. The Hall–Kier alpha value is -2.25. The Labute approximate surface area is 137 Å². The van der Waals surface area contributed by atoms with Crippen molar-refractivity contribution in [3.63, 3.8) is 0 Å². The Morgan fingerprint density at radius 1 is 1.17 bits per heavy atom. The lowest BCUT2D eigenvalue weighted by Crippen LogP contribution is -2.02. The summed E-state index contributed by atoms with van der Waals surface area (Å²) in [6, 6.07) is 8.94. The van der Waals surface area contributed by atoms with E-state index in [1.54, 1.807) is 22.8 Å². The second kappa shape index (κ2) is 5.75. The van der Waals surface area contributed by atoms with Crippen LogP contribution in [0.1, 0.15) is 0 Å². The number of halogens is 2. The molecule has 3 rings (SSSR count). The molecular formula is C15H11ClFN3O2S. The van der Waals surface area contributed by atoms with Gasteiger partial charge in [-0.05, 0) is 24.3 Å². The van der Waals surface area contributed by atoms with E-state index in [0.717, 1.165) is 6.26 Å². The Morgan fingerprint density at radius 2 is 1.96 bits per heavy atom. The molecule has 0 bridgehead atoms. The van der Waals surface area contributed by atoms with Gasteiger partial charge in [0.1, 0.15) is 12.1 Å². The van der Waals surface area contributed by atoms with Crippen LogP contribution in [0.15, 0.2) is 53.9 Å². The Morgan fingerprint density at radius 3 is 2.57 bits per heavy atom. The Bertz CT molecular complexity index is 969. The summed E-state index contributed by atoms with van der Waals surface area (Å²) in [7, 11) is -3.38. The predicted octanol–water partition coefficient (Wildman–Crippen LogP) is 3.13. The molecule has 118 valence electrons. The summed E-state index contributed by atoms with van der Waals surface area (Å²) in [5.41, 5.74) is 1.62. The highest BCUT2D eigenvalue weighted by molar-refractivity contribution is 7.90. The van der Waals surface area contributed by atoms with Crippen LogP contribution < -0.4 is 0 Å². The van der Waals surface area contributed by atoms with Gasteiger partial charge in [-0.25, -0.2) is 22.8 Å². The minimum absolute atomic E-state index is 0.0280. The number of pyridine rings is 1. The molecule has 0 fully saturated rings. The van der Waals surface area contributed by atoms with Crippen LogP contribution in [0.25, 0.3) is 16.9 Å². The van der Waals surface area contributed by atoms with E-state index in [1.165, 1.54) is 30.7 Å². The largest absolute Gasteiger partial charge is 0.296 e. The molecule has 5 nitrogen and oxygen atoms in total.